The van der Waals surface area contributed by atoms with Crippen LogP contribution in [0.4, 0.5) is 0 Å². The highest BCUT2D eigenvalue weighted by Gasteiger charge is 2.41. The summed E-state index contributed by atoms with van der Waals surface area (Å²) in [4.78, 5) is 0. The fourth-order valence-corrected chi connectivity index (χ4v) is 4.51. The maximum Gasteiger partial charge on any atom is 0.213 e. The Morgan fingerprint density at radius 2 is 1.76 bits per heavy atom. The highest BCUT2D eigenvalue weighted by atomic mass is 79.9. The van der Waals surface area contributed by atoms with E-state index in [1.807, 2.05) is 12.1 Å². The number of hydrogen-bond acceptors (Lipinski definition) is 3. The first-order valence-electron chi connectivity index (χ1n) is 10.1. The minimum Gasteiger partial charge on any atom is -0.464 e. The number of hydrogen-bond donors (Lipinski definition) is 0. The fraction of sp³-hybridized carbons (Fsp3) is 0.240. The largest absolute Gasteiger partial charge is 0.464 e. The Morgan fingerprint density at radius 1 is 1.00 bits per heavy atom. The van der Waals surface area contributed by atoms with Gasteiger partial charge in [0.05, 0.1) is 11.8 Å². The molecule has 0 bridgehead atoms. The van der Waals surface area contributed by atoms with E-state index in [1.165, 1.54) is 16.7 Å². The van der Waals surface area contributed by atoms with Gasteiger partial charge >= 0.3 is 0 Å². The van der Waals surface area contributed by atoms with Crippen molar-refractivity contribution in [3.05, 3.63) is 99.5 Å². The second kappa shape index (κ2) is 7.34. The predicted octanol–water partition coefficient (Wildman–Crippen LogP) is 6.81. The SMILES string of the molecule is CC(C)c1ccc(C2Oc3ccc(Br)cc3C3CC(c4ccccc4)=NN32)cc1. The Morgan fingerprint density at radius 3 is 2.48 bits per heavy atom. The normalized spacial score (nSPS) is 20.1. The Kier molecular flexibility index (Phi) is 4.67. The standard InChI is InChI=1S/C25H23BrN2O/c1-16(2)17-8-10-19(11-9-17)25-28-23(21-14-20(26)12-13-24(21)29-25)15-22(27-28)18-6-4-3-5-7-18/h3-14,16,23,25H,15H2,1-2H3. The molecule has 146 valence electrons. The molecule has 0 aliphatic carbocycles. The lowest BCUT2D eigenvalue weighted by Crippen LogP contribution is -2.33. The molecule has 0 saturated carbocycles. The van der Waals surface area contributed by atoms with Crippen LogP contribution in [-0.2, 0) is 0 Å². The molecule has 5 rings (SSSR count). The van der Waals surface area contributed by atoms with Crippen LogP contribution < -0.4 is 4.74 Å². The van der Waals surface area contributed by atoms with Gasteiger partial charge in [0.15, 0.2) is 0 Å². The first-order chi connectivity index (χ1) is 14.1. The van der Waals surface area contributed by atoms with Crippen molar-refractivity contribution >= 4 is 21.6 Å². The van der Waals surface area contributed by atoms with Crippen LogP contribution in [0.25, 0.3) is 0 Å². The van der Waals surface area contributed by atoms with Crippen molar-refractivity contribution in [1.29, 1.82) is 0 Å². The van der Waals surface area contributed by atoms with E-state index in [2.05, 4.69) is 95.5 Å². The third-order valence-corrected chi connectivity index (χ3v) is 6.24. The topological polar surface area (TPSA) is 24.8 Å². The second-order valence-electron chi connectivity index (χ2n) is 7.99. The highest BCUT2D eigenvalue weighted by molar-refractivity contribution is 9.10. The quantitative estimate of drug-likeness (QED) is 0.440. The molecule has 0 spiro atoms. The summed E-state index contributed by atoms with van der Waals surface area (Å²) in [5, 5.41) is 7.17. The monoisotopic (exact) mass is 446 g/mol. The average molecular weight is 447 g/mol. The third-order valence-electron chi connectivity index (χ3n) is 5.75. The molecule has 0 saturated heterocycles. The number of ether oxygens (including phenoxy) is 1. The number of halogens is 1. The van der Waals surface area contributed by atoms with Gasteiger partial charge in [0.25, 0.3) is 0 Å². The molecule has 2 unspecified atom stereocenters. The molecule has 0 aromatic heterocycles. The summed E-state index contributed by atoms with van der Waals surface area (Å²) in [7, 11) is 0. The van der Waals surface area contributed by atoms with Gasteiger partial charge in [0.2, 0.25) is 6.23 Å². The van der Waals surface area contributed by atoms with Crippen molar-refractivity contribution in [3.63, 3.8) is 0 Å². The fourth-order valence-electron chi connectivity index (χ4n) is 4.13. The van der Waals surface area contributed by atoms with E-state index in [9.17, 15) is 0 Å². The lowest BCUT2D eigenvalue weighted by Gasteiger charge is -2.38. The van der Waals surface area contributed by atoms with Gasteiger partial charge in [-0.2, -0.15) is 5.10 Å². The number of rotatable bonds is 3. The van der Waals surface area contributed by atoms with Crippen molar-refractivity contribution in [3.8, 4) is 5.75 Å². The maximum absolute atomic E-state index is 6.47. The minimum absolute atomic E-state index is 0.168. The Labute approximate surface area is 180 Å². The van der Waals surface area contributed by atoms with Crippen LogP contribution in [0.15, 0.2) is 82.4 Å². The zero-order chi connectivity index (χ0) is 20.0. The summed E-state index contributed by atoms with van der Waals surface area (Å²) in [5.41, 5.74) is 5.93. The third kappa shape index (κ3) is 3.36. The Balaban J connectivity index is 1.57. The van der Waals surface area contributed by atoms with Crippen LogP contribution >= 0.6 is 15.9 Å². The van der Waals surface area contributed by atoms with E-state index in [0.29, 0.717) is 5.92 Å². The summed E-state index contributed by atoms with van der Waals surface area (Å²) >= 11 is 3.62. The van der Waals surface area contributed by atoms with Crippen molar-refractivity contribution in [2.75, 3.05) is 0 Å². The Hall–Kier alpha value is -2.59. The number of hydrazone groups is 1. The van der Waals surface area contributed by atoms with Crippen molar-refractivity contribution in [1.82, 2.24) is 5.01 Å². The minimum atomic E-state index is -0.226. The molecule has 4 heteroatoms. The molecule has 3 aromatic carbocycles. The predicted molar refractivity (Wildman–Crippen MR) is 120 cm³/mol. The van der Waals surface area contributed by atoms with E-state index in [-0.39, 0.29) is 12.3 Å². The second-order valence-corrected chi connectivity index (χ2v) is 8.90. The zero-order valence-corrected chi connectivity index (χ0v) is 18.1. The number of fused-ring (bicyclic) bond motifs is 3. The van der Waals surface area contributed by atoms with Gasteiger partial charge in [-0.25, -0.2) is 5.01 Å². The molecular weight excluding hydrogens is 424 g/mol. The first kappa shape index (κ1) is 18.4. The molecule has 2 heterocycles. The van der Waals surface area contributed by atoms with Crippen molar-refractivity contribution in [2.24, 2.45) is 5.10 Å². The summed E-state index contributed by atoms with van der Waals surface area (Å²) in [6.07, 6.45) is 0.647. The van der Waals surface area contributed by atoms with Crippen LogP contribution in [0, 0.1) is 0 Å². The van der Waals surface area contributed by atoms with Crippen molar-refractivity contribution < 1.29 is 4.74 Å². The van der Waals surface area contributed by atoms with Gasteiger partial charge in [-0.1, -0.05) is 84.4 Å². The van der Waals surface area contributed by atoms with Gasteiger partial charge < -0.3 is 4.74 Å². The lowest BCUT2D eigenvalue weighted by molar-refractivity contribution is -0.0190. The van der Waals surface area contributed by atoms with E-state index in [0.717, 1.165) is 27.9 Å². The van der Waals surface area contributed by atoms with Gasteiger partial charge in [-0.05, 0) is 35.2 Å². The lowest BCUT2D eigenvalue weighted by atomic mass is 9.95. The molecular formula is C25H23BrN2O. The molecule has 2 aliphatic heterocycles. The summed E-state index contributed by atoms with van der Waals surface area (Å²) < 4.78 is 7.53. The molecule has 29 heavy (non-hydrogen) atoms. The van der Waals surface area contributed by atoms with E-state index < -0.39 is 0 Å². The van der Waals surface area contributed by atoms with Gasteiger partial charge in [0.1, 0.15) is 5.75 Å². The van der Waals surface area contributed by atoms with Crippen LogP contribution in [0.1, 0.15) is 60.7 Å². The van der Waals surface area contributed by atoms with Gasteiger partial charge in [0, 0.05) is 22.0 Å². The van der Waals surface area contributed by atoms with Crippen LogP contribution in [-0.4, -0.2) is 10.7 Å². The number of nitrogens with zero attached hydrogens (tertiary/aromatic N) is 2. The molecule has 0 amide bonds. The maximum atomic E-state index is 6.47. The van der Waals surface area contributed by atoms with Crippen LogP contribution in [0.5, 0.6) is 5.75 Å². The molecule has 3 nitrogen and oxygen atoms in total. The van der Waals surface area contributed by atoms with Gasteiger partial charge in [-0.3, -0.25) is 0 Å². The molecule has 0 fully saturated rings. The first-order valence-corrected chi connectivity index (χ1v) is 10.9. The average Bonchev–Trinajstić information content (AvgIpc) is 3.20. The summed E-state index contributed by atoms with van der Waals surface area (Å²) in [6.45, 7) is 4.43. The van der Waals surface area contributed by atoms with Crippen LogP contribution in [0.2, 0.25) is 0 Å². The smallest absolute Gasteiger partial charge is 0.213 e. The van der Waals surface area contributed by atoms with E-state index in [4.69, 9.17) is 9.84 Å². The van der Waals surface area contributed by atoms with Crippen molar-refractivity contribution in [2.45, 2.75) is 38.5 Å². The summed E-state index contributed by atoms with van der Waals surface area (Å²) in [5.74, 6) is 1.45. The molecule has 3 aromatic rings. The zero-order valence-electron chi connectivity index (χ0n) is 16.5. The molecule has 2 aliphatic rings. The molecule has 0 radical (unpaired) electrons. The number of benzene rings is 3. The van der Waals surface area contributed by atoms with E-state index in [1.54, 1.807) is 0 Å². The van der Waals surface area contributed by atoms with Gasteiger partial charge in [-0.15, -0.1) is 0 Å². The Bertz CT molecular complexity index is 1060. The summed E-state index contributed by atoms with van der Waals surface area (Å²) in [6, 6.07) is 25.6. The van der Waals surface area contributed by atoms with Crippen LogP contribution in [0.3, 0.4) is 0 Å². The molecule has 2 atom stereocenters. The molecule has 0 N–H and O–H groups in total. The van der Waals surface area contributed by atoms with E-state index >= 15 is 0 Å². The highest BCUT2D eigenvalue weighted by Crippen LogP contribution is 2.48.